The Morgan fingerprint density at radius 2 is 2.43 bits per heavy atom. The Kier molecular flexibility index (Phi) is 2.45. The second kappa shape index (κ2) is 3.75. The van der Waals surface area contributed by atoms with Crippen LogP contribution < -0.4 is 0 Å². The molecule has 2 heterocycles. The van der Waals surface area contributed by atoms with Gasteiger partial charge in [0.15, 0.2) is 5.82 Å². The summed E-state index contributed by atoms with van der Waals surface area (Å²) in [4.78, 5) is 4.04. The van der Waals surface area contributed by atoms with Gasteiger partial charge in [0.25, 0.3) is 0 Å². The highest BCUT2D eigenvalue weighted by atomic mass is 35.5. The molecule has 0 radical (unpaired) electrons. The molecule has 2 rings (SSSR count). The Balaban J connectivity index is 2.10. The van der Waals surface area contributed by atoms with Crippen molar-refractivity contribution in [1.82, 2.24) is 25.1 Å². The van der Waals surface area contributed by atoms with Crippen LogP contribution in [-0.2, 0) is 12.4 Å². The van der Waals surface area contributed by atoms with Crippen molar-refractivity contribution >= 4 is 11.6 Å². The van der Waals surface area contributed by atoms with Crippen molar-refractivity contribution in [3.8, 4) is 0 Å². The van der Waals surface area contributed by atoms with E-state index in [9.17, 15) is 0 Å². The second-order valence-corrected chi connectivity index (χ2v) is 3.04. The van der Waals surface area contributed by atoms with Crippen LogP contribution >= 0.6 is 11.6 Å². The molecule has 14 heavy (non-hydrogen) atoms. The lowest BCUT2D eigenvalue weighted by molar-refractivity contribution is 0.361. The number of halogens is 1. The minimum Gasteiger partial charge on any atom is -0.337 e. The second-order valence-electron chi connectivity index (χ2n) is 2.78. The van der Waals surface area contributed by atoms with Gasteiger partial charge in [0.05, 0.1) is 17.8 Å². The van der Waals surface area contributed by atoms with Crippen LogP contribution in [0.25, 0.3) is 0 Å². The molecule has 0 aliphatic rings. The summed E-state index contributed by atoms with van der Waals surface area (Å²) in [6.45, 7) is 2.18. The molecule has 0 aromatic carbocycles. The minimum atomic E-state index is 0.350. The summed E-state index contributed by atoms with van der Waals surface area (Å²) in [6.07, 6.45) is 1.74. The summed E-state index contributed by atoms with van der Waals surface area (Å²) in [6, 6.07) is 0. The number of hydrogen-bond acceptors (Lipinski definition) is 5. The fourth-order valence-electron chi connectivity index (χ4n) is 1.02. The molecule has 0 spiro atoms. The van der Waals surface area contributed by atoms with Crippen molar-refractivity contribution in [3.63, 3.8) is 0 Å². The van der Waals surface area contributed by atoms with E-state index in [4.69, 9.17) is 16.1 Å². The van der Waals surface area contributed by atoms with E-state index >= 15 is 0 Å². The Bertz CT molecular complexity index is 423. The van der Waals surface area contributed by atoms with Gasteiger partial charge >= 0.3 is 0 Å². The highest BCUT2D eigenvalue weighted by Crippen LogP contribution is 2.01. The predicted molar refractivity (Wildman–Crippen MR) is 47.7 cm³/mol. The maximum absolute atomic E-state index is 5.58. The molecule has 0 atom stereocenters. The molecule has 6 nitrogen and oxygen atoms in total. The molecule has 7 heteroatoms. The highest BCUT2D eigenvalue weighted by Gasteiger charge is 2.05. The van der Waals surface area contributed by atoms with Crippen molar-refractivity contribution in [1.29, 1.82) is 0 Å². The molecule has 0 aliphatic heterocycles. The van der Waals surface area contributed by atoms with Gasteiger partial charge in [-0.05, 0) is 6.92 Å². The van der Waals surface area contributed by atoms with Gasteiger partial charge in [-0.3, -0.25) is 0 Å². The largest absolute Gasteiger partial charge is 0.337 e. The minimum absolute atomic E-state index is 0.350. The topological polar surface area (TPSA) is 69.6 Å². The number of aryl methyl sites for hydroxylation is 1. The zero-order valence-electron chi connectivity index (χ0n) is 7.51. The van der Waals surface area contributed by atoms with Gasteiger partial charge in [0, 0.05) is 0 Å². The smallest absolute Gasteiger partial charge is 0.248 e. The van der Waals surface area contributed by atoms with E-state index in [0.717, 1.165) is 5.69 Å². The third kappa shape index (κ3) is 1.90. The zero-order valence-corrected chi connectivity index (χ0v) is 8.27. The Morgan fingerprint density at radius 3 is 3.00 bits per heavy atom. The van der Waals surface area contributed by atoms with Crippen LogP contribution in [0.4, 0.5) is 0 Å². The summed E-state index contributed by atoms with van der Waals surface area (Å²) in [5, 5.41) is 11.3. The molecular formula is C7H8ClN5O. The van der Waals surface area contributed by atoms with E-state index in [1.807, 2.05) is 0 Å². The molecule has 0 unspecified atom stereocenters. The average molecular weight is 214 g/mol. The van der Waals surface area contributed by atoms with Crippen molar-refractivity contribution in [2.75, 3.05) is 0 Å². The first kappa shape index (κ1) is 9.14. The molecule has 0 fully saturated rings. The van der Waals surface area contributed by atoms with Gasteiger partial charge in [-0.1, -0.05) is 10.4 Å². The SMILES string of the molecule is Cc1noc(Cn2cc(CCl)nn2)n1. The number of alkyl halides is 1. The molecule has 74 valence electrons. The Hall–Kier alpha value is -1.43. The fraction of sp³-hybridized carbons (Fsp3) is 0.429. The Labute approximate surface area is 84.9 Å². The lowest BCUT2D eigenvalue weighted by atomic mass is 10.5. The van der Waals surface area contributed by atoms with E-state index in [0.29, 0.717) is 24.1 Å². The molecule has 0 amide bonds. The van der Waals surface area contributed by atoms with Crippen LogP contribution in [0.1, 0.15) is 17.4 Å². The van der Waals surface area contributed by atoms with Crippen LogP contribution in [0.3, 0.4) is 0 Å². The van der Waals surface area contributed by atoms with Crippen LogP contribution in [-0.4, -0.2) is 25.1 Å². The van der Waals surface area contributed by atoms with Gasteiger partial charge in [-0.25, -0.2) is 4.68 Å². The van der Waals surface area contributed by atoms with Gasteiger partial charge in [0.1, 0.15) is 6.54 Å². The lowest BCUT2D eigenvalue weighted by Gasteiger charge is -1.91. The van der Waals surface area contributed by atoms with E-state index in [1.165, 1.54) is 0 Å². The van der Waals surface area contributed by atoms with E-state index in [1.54, 1.807) is 17.8 Å². The molecule has 0 N–H and O–H groups in total. The molecule has 0 saturated heterocycles. The van der Waals surface area contributed by atoms with Gasteiger partial charge < -0.3 is 4.52 Å². The maximum Gasteiger partial charge on any atom is 0.248 e. The first-order valence-corrected chi connectivity index (χ1v) is 4.55. The number of hydrogen-bond donors (Lipinski definition) is 0. The summed E-state index contributed by atoms with van der Waals surface area (Å²) < 4.78 is 6.53. The normalized spacial score (nSPS) is 10.7. The molecule has 0 saturated carbocycles. The van der Waals surface area contributed by atoms with Crippen LogP contribution in [0, 0.1) is 6.92 Å². The quantitative estimate of drug-likeness (QED) is 0.704. The fourth-order valence-corrected chi connectivity index (χ4v) is 1.14. The van der Waals surface area contributed by atoms with Crippen LogP contribution in [0.5, 0.6) is 0 Å². The first-order chi connectivity index (χ1) is 6.78. The third-order valence-electron chi connectivity index (χ3n) is 1.59. The van der Waals surface area contributed by atoms with Crippen molar-refractivity contribution < 1.29 is 4.52 Å². The van der Waals surface area contributed by atoms with Crippen molar-refractivity contribution in [2.45, 2.75) is 19.3 Å². The molecule has 2 aromatic rings. The lowest BCUT2D eigenvalue weighted by Crippen LogP contribution is -2.00. The molecule has 0 bridgehead atoms. The number of rotatable bonds is 3. The molecule has 2 aromatic heterocycles. The number of nitrogens with zero attached hydrogens (tertiary/aromatic N) is 5. The number of aromatic nitrogens is 5. The van der Waals surface area contributed by atoms with Crippen molar-refractivity contribution in [2.24, 2.45) is 0 Å². The molecular weight excluding hydrogens is 206 g/mol. The van der Waals surface area contributed by atoms with E-state index in [2.05, 4.69) is 20.5 Å². The van der Waals surface area contributed by atoms with E-state index < -0.39 is 0 Å². The zero-order chi connectivity index (χ0) is 9.97. The summed E-state index contributed by atoms with van der Waals surface area (Å²) >= 11 is 5.58. The van der Waals surface area contributed by atoms with Gasteiger partial charge in [-0.15, -0.1) is 16.7 Å². The monoisotopic (exact) mass is 213 g/mol. The summed E-state index contributed by atoms with van der Waals surface area (Å²) in [5.41, 5.74) is 0.725. The average Bonchev–Trinajstić information content (AvgIpc) is 2.76. The summed E-state index contributed by atoms with van der Waals surface area (Å²) in [7, 11) is 0. The predicted octanol–water partition coefficient (Wildman–Crippen LogP) is 0.757. The van der Waals surface area contributed by atoms with Gasteiger partial charge in [-0.2, -0.15) is 4.98 Å². The van der Waals surface area contributed by atoms with Crippen LogP contribution in [0.2, 0.25) is 0 Å². The first-order valence-electron chi connectivity index (χ1n) is 4.02. The molecule has 0 aliphatic carbocycles. The van der Waals surface area contributed by atoms with Crippen LogP contribution in [0.15, 0.2) is 10.7 Å². The van der Waals surface area contributed by atoms with E-state index in [-0.39, 0.29) is 0 Å². The third-order valence-corrected chi connectivity index (χ3v) is 1.86. The summed E-state index contributed by atoms with van der Waals surface area (Å²) in [5.74, 6) is 1.47. The standard InChI is InChI=1S/C7H8ClN5O/c1-5-9-7(14-11-5)4-13-3-6(2-8)10-12-13/h3H,2,4H2,1H3. The van der Waals surface area contributed by atoms with Gasteiger partial charge in [0.2, 0.25) is 5.89 Å². The highest BCUT2D eigenvalue weighted by molar-refractivity contribution is 6.16. The van der Waals surface area contributed by atoms with Crippen molar-refractivity contribution in [3.05, 3.63) is 23.6 Å². The Morgan fingerprint density at radius 1 is 1.57 bits per heavy atom. The maximum atomic E-state index is 5.58.